The van der Waals surface area contributed by atoms with Crippen molar-refractivity contribution >= 4 is 29.2 Å². The van der Waals surface area contributed by atoms with Crippen molar-refractivity contribution < 1.29 is 19.1 Å². The third kappa shape index (κ3) is 5.10. The number of rotatable bonds is 5. The van der Waals surface area contributed by atoms with E-state index >= 15 is 0 Å². The number of carbonyl (C=O) groups is 3. The lowest BCUT2D eigenvalue weighted by Gasteiger charge is -2.28. The summed E-state index contributed by atoms with van der Waals surface area (Å²) in [6, 6.07) is 7.99. The number of benzene rings is 1. The standard InChI is InChI=1S/C21H24N4O4/c22-14-7-8-17(18(23)10-14)21(28)29-20(27)16-6-2-1-5-15(16)19(26)25-12-13-4-3-9-24-11-13/h3-4,7-11,15-16H,1-2,5-6,12,22-23H2,(H,25,26). The van der Waals surface area contributed by atoms with Crippen LogP contribution in [0.3, 0.4) is 0 Å². The zero-order valence-electron chi connectivity index (χ0n) is 16.0. The number of hydrogen-bond donors (Lipinski definition) is 3. The lowest BCUT2D eigenvalue weighted by atomic mass is 9.78. The monoisotopic (exact) mass is 396 g/mol. The molecule has 8 heteroatoms. The molecule has 1 aromatic heterocycles. The highest BCUT2D eigenvalue weighted by Crippen LogP contribution is 2.32. The third-order valence-electron chi connectivity index (χ3n) is 5.08. The fourth-order valence-corrected chi connectivity index (χ4v) is 3.54. The van der Waals surface area contributed by atoms with Crippen LogP contribution >= 0.6 is 0 Å². The van der Waals surface area contributed by atoms with Crippen LogP contribution in [-0.2, 0) is 20.9 Å². The van der Waals surface area contributed by atoms with Gasteiger partial charge in [-0.3, -0.25) is 14.6 Å². The largest absolute Gasteiger partial charge is 0.399 e. The predicted molar refractivity (Wildman–Crippen MR) is 107 cm³/mol. The van der Waals surface area contributed by atoms with Crippen LogP contribution < -0.4 is 16.8 Å². The lowest BCUT2D eigenvalue weighted by Crippen LogP contribution is -2.40. The normalized spacial score (nSPS) is 18.6. The Bertz CT molecular complexity index is 901. The Morgan fingerprint density at radius 2 is 1.86 bits per heavy atom. The molecular weight excluding hydrogens is 372 g/mol. The molecule has 2 aromatic rings. The van der Waals surface area contributed by atoms with E-state index in [0.29, 0.717) is 25.1 Å². The maximum absolute atomic E-state index is 12.7. The highest BCUT2D eigenvalue weighted by atomic mass is 16.6. The molecule has 3 rings (SSSR count). The lowest BCUT2D eigenvalue weighted by molar-refractivity contribution is -0.149. The van der Waals surface area contributed by atoms with Gasteiger partial charge in [0, 0.05) is 30.3 Å². The summed E-state index contributed by atoms with van der Waals surface area (Å²) in [4.78, 5) is 41.7. The second-order valence-electron chi connectivity index (χ2n) is 7.13. The molecule has 0 aliphatic heterocycles. The van der Waals surface area contributed by atoms with E-state index in [4.69, 9.17) is 16.2 Å². The van der Waals surface area contributed by atoms with Crippen molar-refractivity contribution in [2.75, 3.05) is 11.5 Å². The molecule has 2 atom stereocenters. The quantitative estimate of drug-likeness (QED) is 0.399. The molecule has 5 N–H and O–H groups in total. The van der Waals surface area contributed by atoms with Crippen molar-refractivity contribution in [3.8, 4) is 0 Å². The molecule has 1 aliphatic carbocycles. The summed E-state index contributed by atoms with van der Waals surface area (Å²) in [5.74, 6) is -2.98. The maximum Gasteiger partial charge on any atom is 0.347 e. The molecule has 0 radical (unpaired) electrons. The number of esters is 2. The van der Waals surface area contributed by atoms with Crippen LogP contribution in [0.5, 0.6) is 0 Å². The van der Waals surface area contributed by atoms with Crippen LogP contribution in [0, 0.1) is 11.8 Å². The van der Waals surface area contributed by atoms with E-state index in [9.17, 15) is 14.4 Å². The summed E-state index contributed by atoms with van der Waals surface area (Å²) < 4.78 is 5.05. The van der Waals surface area contributed by atoms with Gasteiger partial charge in [-0.25, -0.2) is 4.79 Å². The molecule has 2 unspecified atom stereocenters. The average Bonchev–Trinajstić information content (AvgIpc) is 2.72. The number of nitrogen functional groups attached to an aromatic ring is 2. The highest BCUT2D eigenvalue weighted by molar-refractivity contribution is 6.02. The van der Waals surface area contributed by atoms with Crippen LogP contribution in [0.25, 0.3) is 0 Å². The van der Waals surface area contributed by atoms with Gasteiger partial charge in [0.05, 0.1) is 17.4 Å². The second-order valence-corrected chi connectivity index (χ2v) is 7.13. The number of amides is 1. The number of nitrogens with one attached hydrogen (secondary N) is 1. The number of pyridine rings is 1. The Morgan fingerprint density at radius 1 is 1.10 bits per heavy atom. The molecule has 29 heavy (non-hydrogen) atoms. The van der Waals surface area contributed by atoms with Crippen LogP contribution in [0.4, 0.5) is 11.4 Å². The van der Waals surface area contributed by atoms with Crippen LogP contribution in [-0.4, -0.2) is 22.8 Å². The van der Waals surface area contributed by atoms with Gasteiger partial charge in [-0.15, -0.1) is 0 Å². The van der Waals surface area contributed by atoms with Gasteiger partial charge in [0.15, 0.2) is 0 Å². The Labute approximate surface area is 168 Å². The molecule has 1 amide bonds. The topological polar surface area (TPSA) is 137 Å². The van der Waals surface area contributed by atoms with Gasteiger partial charge in [0.2, 0.25) is 5.91 Å². The van der Waals surface area contributed by atoms with Gasteiger partial charge in [0.25, 0.3) is 0 Å². The fraction of sp³-hybridized carbons (Fsp3) is 0.333. The third-order valence-corrected chi connectivity index (χ3v) is 5.08. The first-order valence-electron chi connectivity index (χ1n) is 9.53. The van der Waals surface area contributed by atoms with Gasteiger partial charge in [0.1, 0.15) is 0 Å². The minimum absolute atomic E-state index is 0.0703. The van der Waals surface area contributed by atoms with E-state index in [1.165, 1.54) is 18.2 Å². The Kier molecular flexibility index (Phi) is 6.43. The smallest absolute Gasteiger partial charge is 0.347 e. The summed E-state index contributed by atoms with van der Waals surface area (Å²) >= 11 is 0. The molecular formula is C21H24N4O4. The Hall–Kier alpha value is -3.42. The molecule has 0 bridgehead atoms. The van der Waals surface area contributed by atoms with Crippen LogP contribution in [0.2, 0.25) is 0 Å². The Balaban J connectivity index is 1.64. The van der Waals surface area contributed by atoms with Crippen molar-refractivity contribution in [3.05, 3.63) is 53.9 Å². The Morgan fingerprint density at radius 3 is 2.55 bits per heavy atom. The zero-order chi connectivity index (χ0) is 20.8. The molecule has 1 saturated carbocycles. The SMILES string of the molecule is Nc1ccc(C(=O)OC(=O)C2CCCCC2C(=O)NCc2cccnc2)c(N)c1. The molecule has 8 nitrogen and oxygen atoms in total. The van der Waals surface area contributed by atoms with E-state index in [-0.39, 0.29) is 17.2 Å². The van der Waals surface area contributed by atoms with Crippen molar-refractivity contribution in [1.29, 1.82) is 0 Å². The number of anilines is 2. The van der Waals surface area contributed by atoms with Crippen molar-refractivity contribution in [2.24, 2.45) is 11.8 Å². The summed E-state index contributed by atoms with van der Waals surface area (Å²) in [6.07, 6.45) is 6.02. The van der Waals surface area contributed by atoms with E-state index in [2.05, 4.69) is 10.3 Å². The average molecular weight is 396 g/mol. The summed E-state index contributed by atoms with van der Waals surface area (Å²) in [5.41, 5.74) is 12.9. The van der Waals surface area contributed by atoms with Gasteiger partial charge >= 0.3 is 11.9 Å². The number of carbonyl (C=O) groups excluding carboxylic acids is 3. The number of hydrogen-bond acceptors (Lipinski definition) is 7. The minimum atomic E-state index is -0.840. The first-order valence-corrected chi connectivity index (χ1v) is 9.53. The van der Waals surface area contributed by atoms with Gasteiger partial charge < -0.3 is 21.5 Å². The molecule has 1 aromatic carbocycles. The van der Waals surface area contributed by atoms with Gasteiger partial charge in [-0.2, -0.15) is 0 Å². The first kappa shape index (κ1) is 20.3. The molecule has 1 aliphatic rings. The van der Waals surface area contributed by atoms with Crippen molar-refractivity contribution in [1.82, 2.24) is 10.3 Å². The summed E-state index contributed by atoms with van der Waals surface area (Å²) in [6.45, 7) is 0.325. The summed E-state index contributed by atoms with van der Waals surface area (Å²) in [5, 5.41) is 2.85. The zero-order valence-corrected chi connectivity index (χ0v) is 16.0. The minimum Gasteiger partial charge on any atom is -0.399 e. The predicted octanol–water partition coefficient (Wildman–Crippen LogP) is 2.05. The number of nitrogens with two attached hydrogens (primary N) is 2. The fourth-order valence-electron chi connectivity index (χ4n) is 3.54. The first-order chi connectivity index (χ1) is 14.0. The second kappa shape index (κ2) is 9.18. The maximum atomic E-state index is 12.7. The van der Waals surface area contributed by atoms with Crippen LogP contribution in [0.15, 0.2) is 42.7 Å². The van der Waals surface area contributed by atoms with Crippen LogP contribution in [0.1, 0.15) is 41.6 Å². The highest BCUT2D eigenvalue weighted by Gasteiger charge is 2.37. The van der Waals surface area contributed by atoms with Gasteiger partial charge in [-0.1, -0.05) is 18.9 Å². The molecule has 0 saturated heterocycles. The molecule has 0 spiro atoms. The van der Waals surface area contributed by atoms with Crippen molar-refractivity contribution in [3.63, 3.8) is 0 Å². The van der Waals surface area contributed by atoms with Crippen molar-refractivity contribution in [2.45, 2.75) is 32.2 Å². The number of aromatic nitrogens is 1. The molecule has 1 fully saturated rings. The summed E-state index contributed by atoms with van der Waals surface area (Å²) in [7, 11) is 0. The molecule has 152 valence electrons. The number of nitrogens with zero attached hydrogens (tertiary/aromatic N) is 1. The van der Waals surface area contributed by atoms with E-state index < -0.39 is 23.8 Å². The van der Waals surface area contributed by atoms with E-state index in [1.807, 2.05) is 6.07 Å². The van der Waals surface area contributed by atoms with E-state index in [0.717, 1.165) is 18.4 Å². The molecule has 1 heterocycles. The number of ether oxygens (including phenoxy) is 1. The van der Waals surface area contributed by atoms with E-state index in [1.54, 1.807) is 18.5 Å². The van der Waals surface area contributed by atoms with Gasteiger partial charge in [-0.05, 0) is 42.7 Å².